The van der Waals surface area contributed by atoms with E-state index in [0.29, 0.717) is 6.07 Å². The Labute approximate surface area is 119 Å². The summed E-state index contributed by atoms with van der Waals surface area (Å²) in [5.74, 6) is -2.76. The lowest BCUT2D eigenvalue weighted by Gasteiger charge is -2.10. The van der Waals surface area contributed by atoms with Gasteiger partial charge in [0.25, 0.3) is 0 Å². The molecule has 0 amide bonds. The highest BCUT2D eigenvalue weighted by Gasteiger charge is 2.33. The van der Waals surface area contributed by atoms with Gasteiger partial charge in [-0.25, -0.2) is 4.79 Å². The Hall–Kier alpha value is -2.84. The van der Waals surface area contributed by atoms with Crippen molar-refractivity contribution in [2.45, 2.75) is 12.6 Å². The zero-order chi connectivity index (χ0) is 16.5. The maximum atomic E-state index is 12.8. The number of ether oxygens (including phenoxy) is 1. The molecule has 1 aromatic heterocycles. The summed E-state index contributed by atoms with van der Waals surface area (Å²) in [5, 5.41) is 8.03. The van der Waals surface area contributed by atoms with Crippen molar-refractivity contribution in [3.8, 4) is 5.75 Å². The monoisotopic (exact) mass is 316 g/mol. The molecule has 0 saturated carbocycles. The molecule has 1 N–H and O–H groups in total. The number of alkyl halides is 3. The van der Waals surface area contributed by atoms with Crippen molar-refractivity contribution in [3.05, 3.63) is 40.2 Å². The predicted octanol–water partition coefficient (Wildman–Crippen LogP) is 2.19. The van der Waals surface area contributed by atoms with Gasteiger partial charge >= 0.3 is 23.7 Å². The molecule has 0 fully saturated rings. The second-order valence-electron chi connectivity index (χ2n) is 4.18. The summed E-state index contributed by atoms with van der Waals surface area (Å²) in [7, 11) is 0. The molecule has 0 saturated heterocycles. The molecule has 0 spiro atoms. The average molecular weight is 316 g/mol. The zero-order valence-corrected chi connectivity index (χ0v) is 10.6. The first kappa shape index (κ1) is 15.5. The number of rotatable bonds is 3. The topological polar surface area (TPSA) is 93.8 Å². The summed E-state index contributed by atoms with van der Waals surface area (Å²) in [5.41, 5.74) is -2.82. The fraction of sp³-hybridized carbons (Fsp3) is 0.154. The maximum absolute atomic E-state index is 12.8. The van der Waals surface area contributed by atoms with Crippen molar-refractivity contribution >= 4 is 22.9 Å². The molecule has 0 aliphatic carbocycles. The van der Waals surface area contributed by atoms with Crippen molar-refractivity contribution < 1.29 is 37.0 Å². The molecule has 0 unspecified atom stereocenters. The molecule has 2 aromatic rings. The van der Waals surface area contributed by atoms with E-state index in [4.69, 9.17) is 5.11 Å². The number of carboxylic acids is 1. The van der Waals surface area contributed by atoms with E-state index in [-0.39, 0.29) is 11.1 Å². The largest absolute Gasteiger partial charge is 0.481 e. The van der Waals surface area contributed by atoms with Gasteiger partial charge in [-0.15, -0.1) is 0 Å². The maximum Gasteiger partial charge on any atom is 0.417 e. The summed E-state index contributed by atoms with van der Waals surface area (Å²) in [6.07, 6.45) is -5.67. The van der Waals surface area contributed by atoms with E-state index in [1.54, 1.807) is 0 Å². The number of aliphatic carboxylic acids is 1. The summed E-state index contributed by atoms with van der Waals surface area (Å²) < 4.78 is 47.7. The van der Waals surface area contributed by atoms with Crippen LogP contribution in [0.5, 0.6) is 5.75 Å². The van der Waals surface area contributed by atoms with E-state index in [2.05, 4.69) is 9.15 Å². The lowest BCUT2D eigenvalue weighted by molar-refractivity contribution is -0.145. The van der Waals surface area contributed by atoms with Gasteiger partial charge in [0.05, 0.1) is 5.56 Å². The van der Waals surface area contributed by atoms with E-state index >= 15 is 0 Å². The lowest BCUT2D eigenvalue weighted by Crippen LogP contribution is -2.13. The number of hydrogen-bond acceptors (Lipinski definition) is 5. The minimum atomic E-state index is -4.75. The number of carbonyl (C=O) groups excluding carboxylic acids is 1. The van der Waals surface area contributed by atoms with Gasteiger partial charge in [0.1, 0.15) is 17.8 Å². The van der Waals surface area contributed by atoms with Crippen molar-refractivity contribution in [1.82, 2.24) is 0 Å². The molecule has 116 valence electrons. The molecule has 1 aromatic carbocycles. The number of hydrogen-bond donors (Lipinski definition) is 1. The molecule has 2 rings (SSSR count). The van der Waals surface area contributed by atoms with Gasteiger partial charge in [0.2, 0.25) is 0 Å². The summed E-state index contributed by atoms with van der Waals surface area (Å²) in [4.78, 5) is 32.7. The number of esters is 1. The van der Waals surface area contributed by atoms with Crippen LogP contribution < -0.4 is 10.4 Å². The van der Waals surface area contributed by atoms with E-state index in [9.17, 15) is 27.6 Å². The smallest absolute Gasteiger partial charge is 0.417 e. The van der Waals surface area contributed by atoms with Gasteiger partial charge < -0.3 is 14.3 Å². The van der Waals surface area contributed by atoms with Crippen molar-refractivity contribution in [3.63, 3.8) is 0 Å². The number of fused-ring (bicyclic) bond motifs is 1. The van der Waals surface area contributed by atoms with Crippen LogP contribution >= 0.6 is 0 Å². The molecule has 0 aliphatic heterocycles. The summed E-state index contributed by atoms with van der Waals surface area (Å²) >= 11 is 0. The Morgan fingerprint density at radius 3 is 2.50 bits per heavy atom. The Bertz CT molecular complexity index is 806. The Kier molecular flexibility index (Phi) is 3.89. The van der Waals surface area contributed by atoms with E-state index in [0.717, 1.165) is 18.2 Å². The van der Waals surface area contributed by atoms with E-state index < -0.39 is 41.3 Å². The molecule has 0 radical (unpaired) electrons. The van der Waals surface area contributed by atoms with Gasteiger partial charge in [-0.3, -0.25) is 9.59 Å². The minimum Gasteiger partial charge on any atom is -0.481 e. The van der Waals surface area contributed by atoms with Gasteiger partial charge in [-0.05, 0) is 12.1 Å². The number of carboxylic acid groups (broad SMARTS) is 1. The van der Waals surface area contributed by atoms with Crippen LogP contribution in [-0.4, -0.2) is 17.0 Å². The lowest BCUT2D eigenvalue weighted by atomic mass is 10.1. The van der Waals surface area contributed by atoms with Crippen molar-refractivity contribution in [1.29, 1.82) is 0 Å². The van der Waals surface area contributed by atoms with Crippen LogP contribution in [0, 0.1) is 0 Å². The van der Waals surface area contributed by atoms with E-state index in [1.807, 2.05) is 0 Å². The molecule has 1 heterocycles. The fourth-order valence-corrected chi connectivity index (χ4v) is 1.73. The first-order valence-electron chi connectivity index (χ1n) is 5.74. The van der Waals surface area contributed by atoms with Gasteiger partial charge in [0, 0.05) is 17.5 Å². The van der Waals surface area contributed by atoms with Crippen LogP contribution in [0.1, 0.15) is 12.0 Å². The Balaban J connectivity index is 2.45. The highest BCUT2D eigenvalue weighted by atomic mass is 19.4. The molecule has 22 heavy (non-hydrogen) atoms. The van der Waals surface area contributed by atoms with Crippen LogP contribution in [0.4, 0.5) is 13.2 Å². The third-order valence-corrected chi connectivity index (χ3v) is 2.55. The average Bonchev–Trinajstić information content (AvgIpc) is 2.34. The summed E-state index contributed by atoms with van der Waals surface area (Å²) in [6.45, 7) is 0. The molecular weight excluding hydrogens is 309 g/mol. The molecule has 6 nitrogen and oxygen atoms in total. The normalized spacial score (nSPS) is 11.4. The molecular formula is C13H7F3O6. The second kappa shape index (κ2) is 5.51. The zero-order valence-electron chi connectivity index (χ0n) is 10.6. The highest BCUT2D eigenvalue weighted by molar-refractivity contribution is 5.91. The van der Waals surface area contributed by atoms with Gasteiger partial charge in [0.15, 0.2) is 0 Å². The third kappa shape index (κ3) is 3.43. The Morgan fingerprint density at radius 1 is 1.23 bits per heavy atom. The van der Waals surface area contributed by atoms with Crippen LogP contribution in [0.3, 0.4) is 0 Å². The first-order chi connectivity index (χ1) is 10.2. The molecule has 0 aliphatic rings. The highest BCUT2D eigenvalue weighted by Crippen LogP contribution is 2.34. The Morgan fingerprint density at radius 2 is 1.91 bits per heavy atom. The van der Waals surface area contributed by atoms with Gasteiger partial charge in [-0.2, -0.15) is 13.2 Å². The second-order valence-corrected chi connectivity index (χ2v) is 4.18. The third-order valence-electron chi connectivity index (χ3n) is 2.55. The SMILES string of the molecule is O=C(O)CC(=O)Oc1ccc2c(C(F)(F)F)cc(=O)oc2c1. The fourth-order valence-electron chi connectivity index (χ4n) is 1.73. The number of benzene rings is 1. The molecule has 9 heteroatoms. The quantitative estimate of drug-likeness (QED) is 0.404. The predicted molar refractivity (Wildman–Crippen MR) is 65.4 cm³/mol. The number of carbonyl (C=O) groups is 2. The van der Waals surface area contributed by atoms with E-state index in [1.165, 1.54) is 0 Å². The van der Waals surface area contributed by atoms with Crippen LogP contribution in [0.15, 0.2) is 33.5 Å². The standard InChI is InChI=1S/C13H7F3O6/c14-13(15,16)8-4-11(19)22-9-3-6(1-2-7(8)9)21-12(20)5-10(17)18/h1-4H,5H2,(H,17,18). The summed E-state index contributed by atoms with van der Waals surface area (Å²) in [6, 6.07) is 3.23. The van der Waals surface area contributed by atoms with Crippen LogP contribution in [0.2, 0.25) is 0 Å². The van der Waals surface area contributed by atoms with Crippen LogP contribution in [-0.2, 0) is 15.8 Å². The van der Waals surface area contributed by atoms with Crippen LogP contribution in [0.25, 0.3) is 11.0 Å². The van der Waals surface area contributed by atoms with Crippen molar-refractivity contribution in [2.75, 3.05) is 0 Å². The first-order valence-corrected chi connectivity index (χ1v) is 5.74. The molecule has 0 atom stereocenters. The minimum absolute atomic E-state index is 0.235. The number of halogens is 3. The van der Waals surface area contributed by atoms with Crippen molar-refractivity contribution in [2.24, 2.45) is 0 Å². The molecule has 0 bridgehead atoms. The van der Waals surface area contributed by atoms with Gasteiger partial charge in [-0.1, -0.05) is 0 Å².